The van der Waals surface area contributed by atoms with Crippen LogP contribution in [0.5, 0.6) is 0 Å². The van der Waals surface area contributed by atoms with E-state index in [0.29, 0.717) is 0 Å². The lowest BCUT2D eigenvalue weighted by molar-refractivity contribution is 0.0735. The molecule has 6 nitrogen and oxygen atoms in total. The van der Waals surface area contributed by atoms with Gasteiger partial charge in [-0.25, -0.2) is 9.97 Å². The molecule has 3 aromatic heterocycles. The molecule has 1 fully saturated rings. The van der Waals surface area contributed by atoms with Crippen molar-refractivity contribution in [1.82, 2.24) is 19.9 Å². The number of hydrogen-bond donors (Lipinski definition) is 1. The zero-order valence-electron chi connectivity index (χ0n) is 15.1. The fraction of sp³-hybridized carbons (Fsp3) is 0.316. The van der Waals surface area contributed by atoms with Crippen molar-refractivity contribution in [3.63, 3.8) is 0 Å². The third kappa shape index (κ3) is 2.80. The Morgan fingerprint density at radius 2 is 2.11 bits per heavy atom. The second-order valence-electron chi connectivity index (χ2n) is 6.97. The number of benzene rings is 1. The second kappa shape index (κ2) is 6.31. The van der Waals surface area contributed by atoms with Crippen LogP contribution >= 0.6 is 22.7 Å². The van der Waals surface area contributed by atoms with E-state index in [1.165, 1.54) is 11.3 Å². The summed E-state index contributed by atoms with van der Waals surface area (Å²) in [6.45, 7) is 0.766. The van der Waals surface area contributed by atoms with Crippen molar-refractivity contribution >= 4 is 54.3 Å². The Hall–Kier alpha value is -2.45. The number of aromatic nitrogens is 3. The number of imidazole rings is 1. The van der Waals surface area contributed by atoms with Crippen LogP contribution < -0.4 is 4.90 Å². The summed E-state index contributed by atoms with van der Waals surface area (Å²) < 4.78 is 1.08. The Labute approximate surface area is 164 Å². The number of nitrogens with zero attached hydrogens (tertiary/aromatic N) is 4. The molecule has 0 saturated carbocycles. The van der Waals surface area contributed by atoms with Crippen LogP contribution in [0.2, 0.25) is 0 Å². The van der Waals surface area contributed by atoms with Gasteiger partial charge in [0.15, 0.2) is 5.13 Å². The summed E-state index contributed by atoms with van der Waals surface area (Å²) >= 11 is 3.11. The topological polar surface area (TPSA) is 65.1 Å². The molecule has 1 aliphatic heterocycles. The second-order valence-corrected chi connectivity index (χ2v) is 9.01. The molecule has 1 atom stereocenters. The SMILES string of the molecule is CN(C)c1nc2sc(C(=O)N3CCCC3c3nc4ccccc4[nH]3)cc2s1. The molecule has 1 aromatic carbocycles. The third-order valence-electron chi connectivity index (χ3n) is 4.91. The number of anilines is 1. The largest absolute Gasteiger partial charge is 0.354 e. The van der Waals surface area contributed by atoms with Crippen molar-refractivity contribution in [3.8, 4) is 0 Å². The smallest absolute Gasteiger partial charge is 0.264 e. The molecule has 1 amide bonds. The van der Waals surface area contributed by atoms with Crippen LogP contribution in [0.3, 0.4) is 0 Å². The molecule has 1 N–H and O–H groups in total. The monoisotopic (exact) mass is 397 g/mol. The van der Waals surface area contributed by atoms with Crippen LogP contribution in [-0.4, -0.2) is 46.4 Å². The maximum absolute atomic E-state index is 13.2. The van der Waals surface area contributed by atoms with Gasteiger partial charge in [0.05, 0.1) is 26.7 Å². The summed E-state index contributed by atoms with van der Waals surface area (Å²) in [4.78, 5) is 31.6. The van der Waals surface area contributed by atoms with Crippen molar-refractivity contribution in [1.29, 1.82) is 0 Å². The lowest BCUT2D eigenvalue weighted by Crippen LogP contribution is -2.30. The van der Waals surface area contributed by atoms with Crippen molar-refractivity contribution in [2.24, 2.45) is 0 Å². The van der Waals surface area contributed by atoms with Gasteiger partial charge in [0, 0.05) is 20.6 Å². The number of likely N-dealkylation sites (tertiary alicyclic amines) is 1. The summed E-state index contributed by atoms with van der Waals surface area (Å²) in [6, 6.07) is 10.00. The molecule has 5 rings (SSSR count). The summed E-state index contributed by atoms with van der Waals surface area (Å²) in [5, 5.41) is 0.969. The molecule has 138 valence electrons. The average Bonchev–Trinajstić information content (AvgIpc) is 3.40. The number of para-hydroxylation sites is 2. The van der Waals surface area contributed by atoms with Gasteiger partial charge in [0.25, 0.3) is 5.91 Å². The highest BCUT2D eigenvalue weighted by molar-refractivity contribution is 7.29. The molecule has 1 aliphatic rings. The maximum atomic E-state index is 13.2. The fourth-order valence-electron chi connectivity index (χ4n) is 3.59. The van der Waals surface area contributed by atoms with Crippen molar-refractivity contribution in [2.45, 2.75) is 18.9 Å². The Morgan fingerprint density at radius 3 is 2.89 bits per heavy atom. The molecule has 27 heavy (non-hydrogen) atoms. The molecule has 0 bridgehead atoms. The first kappa shape index (κ1) is 16.7. The molecule has 4 aromatic rings. The summed E-state index contributed by atoms with van der Waals surface area (Å²) in [5.41, 5.74) is 1.97. The molecule has 1 saturated heterocycles. The molecule has 0 spiro atoms. The molecule has 8 heteroatoms. The third-order valence-corrected chi connectivity index (χ3v) is 7.22. The number of nitrogens with one attached hydrogen (secondary N) is 1. The van der Waals surface area contributed by atoms with Gasteiger partial charge in [-0.05, 0) is 31.0 Å². The van der Waals surface area contributed by atoms with E-state index >= 15 is 0 Å². The van der Waals surface area contributed by atoms with Gasteiger partial charge < -0.3 is 14.8 Å². The number of thiophene rings is 1. The van der Waals surface area contributed by atoms with Crippen LogP contribution in [0.4, 0.5) is 5.13 Å². The zero-order valence-corrected chi connectivity index (χ0v) is 16.7. The number of H-pyrrole nitrogens is 1. The normalized spacial score (nSPS) is 17.3. The summed E-state index contributed by atoms with van der Waals surface area (Å²) in [5.74, 6) is 0.966. The summed E-state index contributed by atoms with van der Waals surface area (Å²) in [6.07, 6.45) is 1.94. The average molecular weight is 398 g/mol. The Bertz CT molecular complexity index is 1080. The van der Waals surface area contributed by atoms with E-state index in [0.717, 1.165) is 55.8 Å². The number of carbonyl (C=O) groups excluding carboxylic acids is 1. The minimum Gasteiger partial charge on any atom is -0.354 e. The van der Waals surface area contributed by atoms with Crippen LogP contribution in [-0.2, 0) is 0 Å². The highest BCUT2D eigenvalue weighted by Crippen LogP contribution is 2.37. The van der Waals surface area contributed by atoms with E-state index in [4.69, 9.17) is 4.98 Å². The lowest BCUT2D eigenvalue weighted by atomic mass is 10.2. The van der Waals surface area contributed by atoms with E-state index in [9.17, 15) is 4.79 Å². The number of carbonyl (C=O) groups is 1. The quantitative estimate of drug-likeness (QED) is 0.560. The van der Waals surface area contributed by atoms with E-state index in [2.05, 4.69) is 9.97 Å². The first-order chi connectivity index (χ1) is 13.1. The van der Waals surface area contributed by atoms with E-state index < -0.39 is 0 Å². The maximum Gasteiger partial charge on any atom is 0.264 e. The van der Waals surface area contributed by atoms with Gasteiger partial charge in [-0.3, -0.25) is 4.79 Å². The molecule has 4 heterocycles. The predicted molar refractivity (Wildman–Crippen MR) is 111 cm³/mol. The number of fused-ring (bicyclic) bond motifs is 2. The van der Waals surface area contributed by atoms with Gasteiger partial charge in [-0.2, -0.15) is 0 Å². The Kier molecular flexibility index (Phi) is 3.91. The van der Waals surface area contributed by atoms with E-state index in [-0.39, 0.29) is 11.9 Å². The standard InChI is InChI=1S/C19H19N5OS2/c1-23(2)19-22-17-14(27-19)10-15(26-17)18(25)24-9-5-8-13(24)16-20-11-6-3-4-7-12(11)21-16/h3-4,6-7,10,13H,5,8-9H2,1-2H3,(H,20,21). The minimum atomic E-state index is 0.00957. The number of rotatable bonds is 3. The number of hydrogen-bond acceptors (Lipinski definition) is 6. The predicted octanol–water partition coefficient (Wildman–Crippen LogP) is 4.28. The number of amides is 1. The van der Waals surface area contributed by atoms with Gasteiger partial charge in [0.1, 0.15) is 10.7 Å². The van der Waals surface area contributed by atoms with Crippen molar-refractivity contribution in [2.75, 3.05) is 25.5 Å². The van der Waals surface area contributed by atoms with Gasteiger partial charge in [-0.1, -0.05) is 23.5 Å². The fourth-order valence-corrected chi connectivity index (χ4v) is 5.68. The van der Waals surface area contributed by atoms with Crippen molar-refractivity contribution < 1.29 is 4.79 Å². The van der Waals surface area contributed by atoms with Gasteiger partial charge in [-0.15, -0.1) is 11.3 Å². The van der Waals surface area contributed by atoms with Crippen LogP contribution in [0.15, 0.2) is 30.3 Å². The van der Waals surface area contributed by atoms with Crippen LogP contribution in [0.1, 0.15) is 34.4 Å². The Morgan fingerprint density at radius 1 is 1.26 bits per heavy atom. The summed E-state index contributed by atoms with van der Waals surface area (Å²) in [7, 11) is 3.97. The molecule has 0 aliphatic carbocycles. The number of aromatic amines is 1. The first-order valence-corrected chi connectivity index (χ1v) is 10.6. The minimum absolute atomic E-state index is 0.00957. The molecule has 1 unspecified atom stereocenters. The molecular weight excluding hydrogens is 378 g/mol. The number of thiazole rings is 1. The van der Waals surface area contributed by atoms with Crippen LogP contribution in [0.25, 0.3) is 20.6 Å². The van der Waals surface area contributed by atoms with Crippen LogP contribution in [0, 0.1) is 0 Å². The molecule has 0 radical (unpaired) electrons. The van der Waals surface area contributed by atoms with Gasteiger partial charge in [0.2, 0.25) is 0 Å². The highest BCUT2D eigenvalue weighted by atomic mass is 32.1. The Balaban J connectivity index is 1.45. The first-order valence-electron chi connectivity index (χ1n) is 8.93. The zero-order chi connectivity index (χ0) is 18.5. The molecular formula is C19H19N5OS2. The van der Waals surface area contributed by atoms with E-state index in [1.807, 2.05) is 54.2 Å². The van der Waals surface area contributed by atoms with Gasteiger partial charge >= 0.3 is 0 Å². The van der Waals surface area contributed by atoms with Crippen molar-refractivity contribution in [3.05, 3.63) is 41.0 Å². The van der Waals surface area contributed by atoms with E-state index in [1.54, 1.807) is 11.3 Å². The highest BCUT2D eigenvalue weighted by Gasteiger charge is 2.33. The lowest BCUT2D eigenvalue weighted by Gasteiger charge is -2.22.